The van der Waals surface area contributed by atoms with Crippen LogP contribution in [0, 0.1) is 6.92 Å². The molecule has 0 radical (unpaired) electrons. The van der Waals surface area contributed by atoms with Gasteiger partial charge >= 0.3 is 0 Å². The van der Waals surface area contributed by atoms with Crippen LogP contribution in [0.2, 0.25) is 0 Å². The van der Waals surface area contributed by atoms with Crippen LogP contribution in [0.1, 0.15) is 21.5 Å². The predicted octanol–water partition coefficient (Wildman–Crippen LogP) is 2.91. The molecule has 4 nitrogen and oxygen atoms in total. The molecule has 1 amide bonds. The molecule has 0 aliphatic carbocycles. The van der Waals surface area contributed by atoms with Gasteiger partial charge in [-0.3, -0.25) is 14.8 Å². The zero-order valence-electron chi connectivity index (χ0n) is 12.4. The zero-order chi connectivity index (χ0) is 15.4. The Morgan fingerprint density at radius 2 is 1.73 bits per heavy atom. The molecule has 3 aromatic rings. The minimum atomic E-state index is -0.0836. The summed E-state index contributed by atoms with van der Waals surface area (Å²) in [6, 6.07) is 13.7. The van der Waals surface area contributed by atoms with Crippen molar-refractivity contribution in [3.63, 3.8) is 0 Å². The molecule has 2 aromatic carbocycles. The third-order valence-electron chi connectivity index (χ3n) is 3.55. The predicted molar refractivity (Wildman–Crippen MR) is 86.8 cm³/mol. The number of rotatable bonds is 4. The Morgan fingerprint density at radius 3 is 2.50 bits per heavy atom. The van der Waals surface area contributed by atoms with Crippen molar-refractivity contribution in [1.82, 2.24) is 15.3 Å². The van der Waals surface area contributed by atoms with E-state index in [1.165, 1.54) is 11.1 Å². The van der Waals surface area contributed by atoms with Gasteiger partial charge in [-0.15, -0.1) is 0 Å². The fourth-order valence-electron chi connectivity index (χ4n) is 2.28. The molecule has 0 spiro atoms. The Labute approximate surface area is 129 Å². The van der Waals surface area contributed by atoms with Gasteiger partial charge in [0.05, 0.1) is 11.0 Å². The van der Waals surface area contributed by atoms with E-state index in [2.05, 4.69) is 46.5 Å². The number of amides is 1. The van der Waals surface area contributed by atoms with Crippen molar-refractivity contribution in [2.24, 2.45) is 0 Å². The smallest absolute Gasteiger partial charge is 0.251 e. The van der Waals surface area contributed by atoms with Crippen LogP contribution in [-0.2, 0) is 6.42 Å². The van der Waals surface area contributed by atoms with E-state index in [0.717, 1.165) is 17.5 Å². The van der Waals surface area contributed by atoms with Gasteiger partial charge < -0.3 is 5.32 Å². The van der Waals surface area contributed by atoms with Gasteiger partial charge in [0.2, 0.25) is 0 Å². The van der Waals surface area contributed by atoms with E-state index < -0.39 is 0 Å². The number of benzene rings is 2. The first-order valence-corrected chi connectivity index (χ1v) is 7.27. The number of hydrogen-bond acceptors (Lipinski definition) is 3. The number of carbonyl (C=O) groups is 1. The summed E-state index contributed by atoms with van der Waals surface area (Å²) in [5, 5.41) is 2.94. The van der Waals surface area contributed by atoms with E-state index in [4.69, 9.17) is 0 Å². The highest BCUT2D eigenvalue weighted by Gasteiger charge is 2.06. The zero-order valence-corrected chi connectivity index (χ0v) is 12.4. The molecule has 0 saturated heterocycles. The number of hydrogen-bond donors (Lipinski definition) is 1. The molecule has 0 atom stereocenters. The largest absolute Gasteiger partial charge is 0.352 e. The SMILES string of the molecule is Cc1ccc(CCNC(=O)c2ccc3nccnc3c2)cc1. The highest BCUT2D eigenvalue weighted by atomic mass is 16.1. The van der Waals surface area contributed by atoms with Crippen LogP contribution < -0.4 is 5.32 Å². The van der Waals surface area contributed by atoms with Gasteiger partial charge in [-0.1, -0.05) is 29.8 Å². The van der Waals surface area contributed by atoms with E-state index in [1.807, 2.05) is 6.07 Å². The number of aryl methyl sites for hydroxylation is 1. The molecule has 0 fully saturated rings. The van der Waals surface area contributed by atoms with Crippen molar-refractivity contribution in [3.8, 4) is 0 Å². The van der Waals surface area contributed by atoms with Gasteiger partial charge in [0, 0.05) is 24.5 Å². The Kier molecular flexibility index (Phi) is 4.10. The highest BCUT2D eigenvalue weighted by Crippen LogP contribution is 2.11. The first-order valence-electron chi connectivity index (χ1n) is 7.27. The van der Waals surface area contributed by atoms with Gasteiger partial charge in [-0.05, 0) is 37.1 Å². The van der Waals surface area contributed by atoms with Gasteiger partial charge in [0.15, 0.2) is 0 Å². The maximum Gasteiger partial charge on any atom is 0.251 e. The van der Waals surface area contributed by atoms with Crippen LogP contribution in [0.4, 0.5) is 0 Å². The molecule has 3 rings (SSSR count). The van der Waals surface area contributed by atoms with Crippen molar-refractivity contribution < 1.29 is 4.79 Å². The number of fused-ring (bicyclic) bond motifs is 1. The molecule has 0 bridgehead atoms. The van der Waals surface area contributed by atoms with Gasteiger partial charge in [-0.25, -0.2) is 0 Å². The lowest BCUT2D eigenvalue weighted by Crippen LogP contribution is -2.25. The summed E-state index contributed by atoms with van der Waals surface area (Å²) in [6.07, 6.45) is 4.09. The Hall–Kier alpha value is -2.75. The van der Waals surface area contributed by atoms with E-state index in [-0.39, 0.29) is 5.91 Å². The maximum absolute atomic E-state index is 12.2. The normalized spacial score (nSPS) is 10.6. The minimum Gasteiger partial charge on any atom is -0.352 e. The van der Waals surface area contributed by atoms with Crippen LogP contribution in [0.15, 0.2) is 54.9 Å². The molecule has 0 aliphatic heterocycles. The second-order valence-electron chi connectivity index (χ2n) is 5.25. The molecule has 0 saturated carbocycles. The molecule has 22 heavy (non-hydrogen) atoms. The van der Waals surface area contributed by atoms with Crippen LogP contribution >= 0.6 is 0 Å². The minimum absolute atomic E-state index is 0.0836. The molecule has 110 valence electrons. The summed E-state index contributed by atoms with van der Waals surface area (Å²) in [5.74, 6) is -0.0836. The molecule has 4 heteroatoms. The molecule has 0 unspecified atom stereocenters. The van der Waals surface area contributed by atoms with Gasteiger partial charge in [0.1, 0.15) is 0 Å². The Morgan fingerprint density at radius 1 is 1.00 bits per heavy atom. The molecule has 1 N–H and O–H groups in total. The third kappa shape index (κ3) is 3.28. The van der Waals surface area contributed by atoms with Gasteiger partial charge in [0.25, 0.3) is 5.91 Å². The average Bonchev–Trinajstić information content (AvgIpc) is 2.56. The van der Waals surface area contributed by atoms with Crippen LogP contribution in [-0.4, -0.2) is 22.4 Å². The molecule has 0 aliphatic rings. The topological polar surface area (TPSA) is 54.9 Å². The quantitative estimate of drug-likeness (QED) is 0.804. The summed E-state index contributed by atoms with van der Waals surface area (Å²) in [7, 11) is 0. The standard InChI is InChI=1S/C18H17N3O/c1-13-2-4-14(5-3-13)8-9-21-18(22)15-6-7-16-17(12-15)20-11-10-19-16/h2-7,10-12H,8-9H2,1H3,(H,21,22). The fourth-order valence-corrected chi connectivity index (χ4v) is 2.28. The second-order valence-corrected chi connectivity index (χ2v) is 5.25. The first-order chi connectivity index (χ1) is 10.7. The van der Waals surface area contributed by atoms with Gasteiger partial charge in [-0.2, -0.15) is 0 Å². The Balaban J connectivity index is 1.62. The monoisotopic (exact) mass is 291 g/mol. The fraction of sp³-hybridized carbons (Fsp3) is 0.167. The first kappa shape index (κ1) is 14.2. The Bertz CT molecular complexity index is 797. The lowest BCUT2D eigenvalue weighted by atomic mass is 10.1. The molecular weight excluding hydrogens is 274 g/mol. The van der Waals surface area contributed by atoms with E-state index >= 15 is 0 Å². The van der Waals surface area contributed by atoms with E-state index in [1.54, 1.807) is 24.5 Å². The second kappa shape index (κ2) is 6.35. The van der Waals surface area contributed by atoms with Crippen molar-refractivity contribution >= 4 is 16.9 Å². The summed E-state index contributed by atoms with van der Waals surface area (Å²) in [5.41, 5.74) is 4.59. The molecular formula is C18H17N3O. The number of carbonyl (C=O) groups excluding carboxylic acids is 1. The molecule has 1 aromatic heterocycles. The van der Waals surface area contributed by atoms with Crippen LogP contribution in [0.5, 0.6) is 0 Å². The summed E-state index contributed by atoms with van der Waals surface area (Å²) >= 11 is 0. The maximum atomic E-state index is 12.2. The lowest BCUT2D eigenvalue weighted by Gasteiger charge is -2.06. The summed E-state index contributed by atoms with van der Waals surface area (Å²) < 4.78 is 0. The lowest BCUT2D eigenvalue weighted by molar-refractivity contribution is 0.0954. The average molecular weight is 291 g/mol. The van der Waals surface area contributed by atoms with Crippen molar-refractivity contribution in [2.45, 2.75) is 13.3 Å². The number of nitrogens with zero attached hydrogens (tertiary/aromatic N) is 2. The van der Waals surface area contributed by atoms with Crippen molar-refractivity contribution in [1.29, 1.82) is 0 Å². The van der Waals surface area contributed by atoms with Crippen LogP contribution in [0.25, 0.3) is 11.0 Å². The van der Waals surface area contributed by atoms with E-state index in [9.17, 15) is 4.79 Å². The summed E-state index contributed by atoms with van der Waals surface area (Å²) in [4.78, 5) is 20.6. The van der Waals surface area contributed by atoms with Crippen LogP contribution in [0.3, 0.4) is 0 Å². The van der Waals surface area contributed by atoms with E-state index in [0.29, 0.717) is 12.1 Å². The van der Waals surface area contributed by atoms with Crippen molar-refractivity contribution in [3.05, 3.63) is 71.5 Å². The molecule has 1 heterocycles. The van der Waals surface area contributed by atoms with Crippen molar-refractivity contribution in [2.75, 3.05) is 6.54 Å². The summed E-state index contributed by atoms with van der Waals surface area (Å²) in [6.45, 7) is 2.68. The third-order valence-corrected chi connectivity index (χ3v) is 3.55. The highest BCUT2D eigenvalue weighted by molar-refractivity contribution is 5.97. The number of nitrogens with one attached hydrogen (secondary N) is 1. The number of aromatic nitrogens is 2.